The van der Waals surface area contributed by atoms with Gasteiger partial charge in [0, 0.05) is 49.7 Å². The third kappa shape index (κ3) is 4.16. The summed E-state index contributed by atoms with van der Waals surface area (Å²) in [6, 6.07) is 6.47. The van der Waals surface area contributed by atoms with Crippen LogP contribution in [0.4, 0.5) is 27.7 Å². The molecule has 33 heavy (non-hydrogen) atoms. The summed E-state index contributed by atoms with van der Waals surface area (Å²) in [5.41, 5.74) is 3.13. The Morgan fingerprint density at radius 2 is 1.97 bits per heavy atom. The first-order chi connectivity index (χ1) is 15.9. The van der Waals surface area contributed by atoms with E-state index in [9.17, 15) is 15.0 Å². The molecule has 0 unspecified atom stereocenters. The Balaban J connectivity index is 1.64. The van der Waals surface area contributed by atoms with Crippen molar-refractivity contribution < 1.29 is 24.5 Å². The van der Waals surface area contributed by atoms with Gasteiger partial charge >= 0.3 is 12.0 Å². The molecule has 1 fully saturated rings. The van der Waals surface area contributed by atoms with Crippen molar-refractivity contribution in [3.63, 3.8) is 0 Å². The summed E-state index contributed by atoms with van der Waals surface area (Å²) >= 11 is 0. The zero-order chi connectivity index (χ0) is 23.0. The van der Waals surface area contributed by atoms with Crippen molar-refractivity contribution in [1.82, 2.24) is 19.9 Å². The highest BCUT2D eigenvalue weighted by atomic mass is 16.8. The number of hydrogen-bond donors (Lipinski definition) is 5. The fraction of sp³-hybridized carbons (Fsp3) is 0.381. The van der Waals surface area contributed by atoms with Crippen LogP contribution in [0.5, 0.6) is 0 Å². The molecule has 0 atom stereocenters. The van der Waals surface area contributed by atoms with Gasteiger partial charge < -0.3 is 40.5 Å². The highest BCUT2D eigenvalue weighted by molar-refractivity contribution is 5.94. The number of imidazole rings is 1. The number of rotatable bonds is 2. The number of aliphatic hydroxyl groups is 2. The predicted molar refractivity (Wildman–Crippen MR) is 121 cm³/mol. The molecule has 0 saturated carbocycles. The van der Waals surface area contributed by atoms with Gasteiger partial charge in [-0.25, -0.2) is 19.3 Å². The molecule has 3 aromatic rings. The fourth-order valence-corrected chi connectivity index (χ4v) is 3.94. The molecule has 0 radical (unpaired) electrons. The Kier molecular flexibility index (Phi) is 5.50. The van der Waals surface area contributed by atoms with Crippen LogP contribution in [-0.2, 0) is 15.4 Å². The quantitative estimate of drug-likeness (QED) is 0.351. The van der Waals surface area contributed by atoms with Gasteiger partial charge in [0.2, 0.25) is 0 Å². The lowest BCUT2D eigenvalue weighted by Gasteiger charge is -2.31. The largest absolute Gasteiger partial charge is 0.386 e. The predicted octanol–water partition coefficient (Wildman–Crippen LogP) is 0.736. The number of amides is 1. The SMILES string of the molecule is CNc1cc2nc3c1ncn3C(=O)NCCOC(O)(O)c1cc(cc(N3CCOCC3)c1)N2. The van der Waals surface area contributed by atoms with Crippen LogP contribution >= 0.6 is 0 Å². The molecule has 2 aromatic heterocycles. The van der Waals surface area contributed by atoms with E-state index >= 15 is 0 Å². The normalized spacial score (nSPS) is 18.5. The molecule has 1 aromatic carbocycles. The van der Waals surface area contributed by atoms with Gasteiger partial charge in [-0.1, -0.05) is 0 Å². The minimum Gasteiger partial charge on any atom is -0.386 e. The van der Waals surface area contributed by atoms with Gasteiger partial charge in [-0.05, 0) is 18.2 Å². The molecule has 12 heteroatoms. The second kappa shape index (κ2) is 8.48. The number of fused-ring (bicyclic) bond motifs is 3. The van der Waals surface area contributed by atoms with E-state index in [1.54, 1.807) is 25.2 Å². The molecule has 2 aliphatic rings. The zero-order valence-corrected chi connectivity index (χ0v) is 18.0. The summed E-state index contributed by atoms with van der Waals surface area (Å²) in [6.07, 6.45) is 1.39. The molecule has 4 heterocycles. The average molecular weight is 455 g/mol. The number of nitrogens with zero attached hydrogens (tertiary/aromatic N) is 4. The summed E-state index contributed by atoms with van der Waals surface area (Å²) in [7, 11) is 1.76. The average Bonchev–Trinajstić information content (AvgIpc) is 3.25. The number of benzene rings is 1. The molecule has 4 bridgehead atoms. The minimum absolute atomic E-state index is 0.0498. The summed E-state index contributed by atoms with van der Waals surface area (Å²) in [6.45, 7) is 2.44. The lowest BCUT2D eigenvalue weighted by molar-refractivity contribution is -0.349. The summed E-state index contributed by atoms with van der Waals surface area (Å²) < 4.78 is 12.1. The van der Waals surface area contributed by atoms with Crippen LogP contribution in [0.3, 0.4) is 0 Å². The van der Waals surface area contributed by atoms with E-state index in [0.717, 1.165) is 5.69 Å². The van der Waals surface area contributed by atoms with E-state index in [1.807, 2.05) is 6.07 Å². The second-order valence-corrected chi connectivity index (χ2v) is 7.77. The van der Waals surface area contributed by atoms with E-state index in [4.69, 9.17) is 9.47 Å². The number of morpholine rings is 1. The van der Waals surface area contributed by atoms with Crippen molar-refractivity contribution >= 4 is 40.1 Å². The van der Waals surface area contributed by atoms with Crippen LogP contribution in [0, 0.1) is 0 Å². The third-order valence-electron chi connectivity index (χ3n) is 5.62. The Morgan fingerprint density at radius 3 is 2.76 bits per heavy atom. The molecule has 5 N–H and O–H groups in total. The summed E-state index contributed by atoms with van der Waals surface area (Å²) in [5.74, 6) is -2.10. The molecular formula is C21H25N7O5. The maximum Gasteiger partial charge on any atom is 0.328 e. The standard InChI is InChI=1S/C21H25N7O5/c1-22-16-11-17-25-14-8-13(9-15(10-14)27-3-6-32-7-4-27)21(30,31)33-5-2-23-20(29)28-12-24-18(16)19(28)26-17/h8-12,30-31H,2-7H2,1H3,(H,23,29)(H2,22,25,26). The van der Waals surface area contributed by atoms with Crippen LogP contribution in [-0.4, -0.2) is 77.3 Å². The Hall–Kier alpha value is -3.45. The molecule has 1 amide bonds. The minimum atomic E-state index is -2.55. The van der Waals surface area contributed by atoms with Crippen molar-refractivity contribution in [1.29, 1.82) is 0 Å². The van der Waals surface area contributed by atoms with Crippen molar-refractivity contribution in [2.75, 3.05) is 62.0 Å². The Labute approximate surface area is 189 Å². The molecule has 174 valence electrons. The van der Waals surface area contributed by atoms with Crippen LogP contribution in [0.25, 0.3) is 11.2 Å². The highest BCUT2D eigenvalue weighted by Crippen LogP contribution is 2.32. The number of carbonyl (C=O) groups is 1. The van der Waals surface area contributed by atoms with Gasteiger partial charge in [-0.2, -0.15) is 0 Å². The molecule has 0 spiro atoms. The first-order valence-electron chi connectivity index (χ1n) is 10.6. The van der Waals surface area contributed by atoms with Crippen molar-refractivity contribution in [3.8, 4) is 0 Å². The number of hydrogen-bond acceptors (Lipinski definition) is 10. The second-order valence-electron chi connectivity index (χ2n) is 7.77. The smallest absolute Gasteiger partial charge is 0.328 e. The van der Waals surface area contributed by atoms with Gasteiger partial charge in [0.25, 0.3) is 0 Å². The van der Waals surface area contributed by atoms with Crippen molar-refractivity contribution in [2.24, 2.45) is 0 Å². The number of ether oxygens (including phenoxy) is 2. The molecule has 12 nitrogen and oxygen atoms in total. The number of anilines is 4. The summed E-state index contributed by atoms with van der Waals surface area (Å²) in [4.78, 5) is 23.7. The number of carbonyl (C=O) groups excluding carboxylic acids is 1. The maximum atomic E-state index is 12.6. The zero-order valence-electron chi connectivity index (χ0n) is 18.0. The van der Waals surface area contributed by atoms with Gasteiger partial charge in [0.05, 0.1) is 25.5 Å². The van der Waals surface area contributed by atoms with Gasteiger partial charge in [-0.15, -0.1) is 0 Å². The molecule has 2 aliphatic heterocycles. The van der Waals surface area contributed by atoms with E-state index < -0.39 is 12.0 Å². The van der Waals surface area contributed by atoms with E-state index in [0.29, 0.717) is 54.7 Å². The van der Waals surface area contributed by atoms with Crippen LogP contribution in [0.2, 0.25) is 0 Å². The van der Waals surface area contributed by atoms with E-state index in [-0.39, 0.29) is 18.7 Å². The van der Waals surface area contributed by atoms with E-state index in [1.165, 1.54) is 10.9 Å². The lowest BCUT2D eigenvalue weighted by Crippen LogP contribution is -2.37. The van der Waals surface area contributed by atoms with E-state index in [2.05, 4.69) is 30.8 Å². The van der Waals surface area contributed by atoms with Gasteiger partial charge in [0.1, 0.15) is 17.7 Å². The number of nitrogens with one attached hydrogen (secondary N) is 3. The number of pyridine rings is 1. The van der Waals surface area contributed by atoms with Gasteiger partial charge in [0.15, 0.2) is 5.65 Å². The first kappa shape index (κ1) is 21.4. The lowest BCUT2D eigenvalue weighted by atomic mass is 10.1. The monoisotopic (exact) mass is 455 g/mol. The Bertz CT molecular complexity index is 1190. The maximum absolute atomic E-state index is 12.6. The third-order valence-corrected chi connectivity index (χ3v) is 5.62. The van der Waals surface area contributed by atoms with Crippen molar-refractivity contribution in [3.05, 3.63) is 36.2 Å². The molecular weight excluding hydrogens is 430 g/mol. The first-order valence-corrected chi connectivity index (χ1v) is 10.6. The Morgan fingerprint density at radius 1 is 1.15 bits per heavy atom. The topological polar surface area (TPSA) is 146 Å². The van der Waals surface area contributed by atoms with Crippen LogP contribution in [0.15, 0.2) is 30.6 Å². The summed E-state index contributed by atoms with van der Waals surface area (Å²) in [5, 5.41) is 30.3. The highest BCUT2D eigenvalue weighted by Gasteiger charge is 2.29. The van der Waals surface area contributed by atoms with Crippen LogP contribution < -0.4 is 20.9 Å². The molecule has 5 rings (SSSR count). The molecule has 1 saturated heterocycles. The van der Waals surface area contributed by atoms with Gasteiger partial charge in [-0.3, -0.25) is 0 Å². The fourth-order valence-electron chi connectivity index (χ4n) is 3.94. The van der Waals surface area contributed by atoms with Crippen LogP contribution in [0.1, 0.15) is 5.56 Å². The number of aromatic nitrogens is 3. The van der Waals surface area contributed by atoms with Crippen molar-refractivity contribution in [2.45, 2.75) is 5.97 Å². The molecule has 0 aliphatic carbocycles.